The van der Waals surface area contributed by atoms with E-state index in [-0.39, 0.29) is 0 Å². The first-order valence-electron chi connectivity index (χ1n) is 6.46. The largest absolute Gasteiger partial charge is 0.365 e. The third kappa shape index (κ3) is 5.78. The van der Waals surface area contributed by atoms with Crippen molar-refractivity contribution in [2.24, 2.45) is 10.4 Å². The Balaban J connectivity index is 2.14. The predicted molar refractivity (Wildman–Crippen MR) is 75.3 cm³/mol. The lowest BCUT2D eigenvalue weighted by Gasteiger charge is -2.21. The minimum absolute atomic E-state index is 0.421. The third-order valence-corrected chi connectivity index (χ3v) is 3.76. The average molecular weight is 242 g/mol. The summed E-state index contributed by atoms with van der Waals surface area (Å²) in [5.74, 6) is 0. The maximum absolute atomic E-state index is 4.57. The van der Waals surface area contributed by atoms with Crippen LogP contribution in [0, 0.1) is 5.41 Å². The van der Waals surface area contributed by atoms with Crippen molar-refractivity contribution in [1.29, 1.82) is 0 Å². The second-order valence-corrected chi connectivity index (χ2v) is 7.07. The van der Waals surface area contributed by atoms with Gasteiger partial charge in [0.05, 0.1) is 6.54 Å². The van der Waals surface area contributed by atoms with Crippen LogP contribution < -0.4 is 5.32 Å². The van der Waals surface area contributed by atoms with Gasteiger partial charge in [0.2, 0.25) is 0 Å². The van der Waals surface area contributed by atoms with Crippen molar-refractivity contribution in [3.63, 3.8) is 0 Å². The molecular weight excluding hydrogens is 216 g/mol. The molecule has 0 amide bonds. The van der Waals surface area contributed by atoms with Crippen molar-refractivity contribution >= 4 is 16.9 Å². The zero-order valence-electron chi connectivity index (χ0n) is 11.2. The van der Waals surface area contributed by atoms with Crippen LogP contribution in [0.5, 0.6) is 0 Å². The van der Waals surface area contributed by atoms with Crippen LogP contribution in [0.1, 0.15) is 53.4 Å². The van der Waals surface area contributed by atoms with E-state index in [9.17, 15) is 0 Å². The fraction of sp³-hybridized carbons (Fsp3) is 0.923. The molecule has 0 saturated carbocycles. The quantitative estimate of drug-likeness (QED) is 0.744. The van der Waals surface area contributed by atoms with Crippen LogP contribution in [0.3, 0.4) is 0 Å². The molecule has 94 valence electrons. The number of thioether (sulfide) groups is 1. The average Bonchev–Trinajstić information content (AvgIpc) is 2.58. The Hall–Kier alpha value is -0.180. The van der Waals surface area contributed by atoms with Crippen molar-refractivity contribution in [2.45, 2.75) is 58.6 Å². The maximum atomic E-state index is 4.57. The summed E-state index contributed by atoms with van der Waals surface area (Å²) in [6.45, 7) is 11.2. The minimum Gasteiger partial charge on any atom is -0.365 e. The molecule has 1 N–H and O–H groups in total. The molecule has 1 heterocycles. The molecule has 0 radical (unpaired) electrons. The van der Waals surface area contributed by atoms with Crippen LogP contribution in [0.15, 0.2) is 4.99 Å². The highest BCUT2D eigenvalue weighted by Crippen LogP contribution is 2.31. The van der Waals surface area contributed by atoms with E-state index in [1.807, 2.05) is 11.8 Å². The maximum Gasteiger partial charge on any atom is 0.156 e. The van der Waals surface area contributed by atoms with E-state index >= 15 is 0 Å². The summed E-state index contributed by atoms with van der Waals surface area (Å²) in [5.41, 5.74) is 0.421. The summed E-state index contributed by atoms with van der Waals surface area (Å²) < 4.78 is 0. The number of aliphatic imine (C=N–C) groups is 1. The Morgan fingerprint density at radius 1 is 1.38 bits per heavy atom. The van der Waals surface area contributed by atoms with Gasteiger partial charge in [-0.3, -0.25) is 4.99 Å². The molecule has 3 heteroatoms. The van der Waals surface area contributed by atoms with Crippen molar-refractivity contribution in [3.05, 3.63) is 0 Å². The van der Waals surface area contributed by atoms with Gasteiger partial charge in [-0.1, -0.05) is 52.3 Å². The van der Waals surface area contributed by atoms with Gasteiger partial charge in [-0.2, -0.15) is 0 Å². The zero-order valence-corrected chi connectivity index (χ0v) is 12.0. The fourth-order valence-electron chi connectivity index (χ4n) is 1.87. The second-order valence-electron chi connectivity index (χ2n) is 5.78. The summed E-state index contributed by atoms with van der Waals surface area (Å²) in [5, 5.41) is 5.31. The SMILES string of the molecule is CCCCCNC1=NCC(CC(C)(C)C)S1. The Morgan fingerprint density at radius 2 is 2.12 bits per heavy atom. The van der Waals surface area contributed by atoms with E-state index in [1.165, 1.54) is 30.9 Å². The number of amidine groups is 1. The smallest absolute Gasteiger partial charge is 0.156 e. The molecule has 16 heavy (non-hydrogen) atoms. The van der Waals surface area contributed by atoms with Crippen LogP contribution in [0.25, 0.3) is 0 Å². The fourth-order valence-corrected chi connectivity index (χ4v) is 3.26. The number of nitrogens with one attached hydrogen (secondary N) is 1. The molecule has 0 spiro atoms. The molecule has 0 aromatic rings. The van der Waals surface area contributed by atoms with E-state index in [4.69, 9.17) is 0 Å². The van der Waals surface area contributed by atoms with Crippen molar-refractivity contribution in [2.75, 3.05) is 13.1 Å². The monoisotopic (exact) mass is 242 g/mol. The molecule has 2 nitrogen and oxygen atoms in total. The van der Waals surface area contributed by atoms with Gasteiger partial charge in [0, 0.05) is 11.8 Å². The summed E-state index contributed by atoms with van der Waals surface area (Å²) in [7, 11) is 0. The highest BCUT2D eigenvalue weighted by molar-refractivity contribution is 8.14. The zero-order chi connectivity index (χ0) is 12.0. The number of nitrogens with zero attached hydrogens (tertiary/aromatic N) is 1. The number of hydrogen-bond acceptors (Lipinski definition) is 3. The number of hydrogen-bond donors (Lipinski definition) is 1. The van der Waals surface area contributed by atoms with Gasteiger partial charge >= 0.3 is 0 Å². The van der Waals surface area contributed by atoms with Crippen LogP contribution in [-0.2, 0) is 0 Å². The topological polar surface area (TPSA) is 24.4 Å². The second kappa shape index (κ2) is 6.53. The Kier molecular flexibility index (Phi) is 5.67. The molecule has 0 saturated heterocycles. The van der Waals surface area contributed by atoms with Crippen molar-refractivity contribution in [1.82, 2.24) is 5.32 Å². The van der Waals surface area contributed by atoms with Gasteiger partial charge in [-0.05, 0) is 18.3 Å². The molecular formula is C13H26N2S. The predicted octanol–water partition coefficient (Wildman–Crippen LogP) is 3.67. The van der Waals surface area contributed by atoms with Crippen molar-refractivity contribution < 1.29 is 0 Å². The highest BCUT2D eigenvalue weighted by Gasteiger charge is 2.24. The Labute approximate surface area is 105 Å². The highest BCUT2D eigenvalue weighted by atomic mass is 32.2. The van der Waals surface area contributed by atoms with Gasteiger partial charge < -0.3 is 5.32 Å². The first-order valence-corrected chi connectivity index (χ1v) is 7.34. The Morgan fingerprint density at radius 3 is 2.75 bits per heavy atom. The van der Waals surface area contributed by atoms with Crippen molar-refractivity contribution in [3.8, 4) is 0 Å². The molecule has 1 rings (SSSR count). The molecule has 0 bridgehead atoms. The van der Waals surface area contributed by atoms with Gasteiger partial charge in [0.1, 0.15) is 0 Å². The number of unbranched alkanes of at least 4 members (excludes halogenated alkanes) is 2. The minimum atomic E-state index is 0.421. The van der Waals surface area contributed by atoms with E-state index in [0.717, 1.165) is 13.1 Å². The summed E-state index contributed by atoms with van der Waals surface area (Å²) in [4.78, 5) is 4.57. The third-order valence-electron chi connectivity index (χ3n) is 2.61. The Bertz CT molecular complexity index is 231. The lowest BCUT2D eigenvalue weighted by atomic mass is 9.90. The van der Waals surface area contributed by atoms with Crippen LogP contribution in [-0.4, -0.2) is 23.5 Å². The van der Waals surface area contributed by atoms with E-state index in [0.29, 0.717) is 10.7 Å². The van der Waals surface area contributed by atoms with Gasteiger partial charge in [0.25, 0.3) is 0 Å². The molecule has 0 aromatic carbocycles. The standard InChI is InChI=1S/C13H26N2S/c1-5-6-7-8-14-12-15-10-11(16-12)9-13(2,3)4/h11H,5-10H2,1-4H3,(H,14,15). The van der Waals surface area contributed by atoms with E-state index in [1.54, 1.807) is 0 Å². The summed E-state index contributed by atoms with van der Waals surface area (Å²) in [6, 6.07) is 0. The normalized spacial score (nSPS) is 21.0. The van der Waals surface area contributed by atoms with Gasteiger partial charge in [-0.15, -0.1) is 0 Å². The molecule has 1 aliphatic heterocycles. The molecule has 0 aromatic heterocycles. The molecule has 0 fully saturated rings. The lowest BCUT2D eigenvalue weighted by Crippen LogP contribution is -2.21. The molecule has 1 aliphatic rings. The van der Waals surface area contributed by atoms with Gasteiger partial charge in [0.15, 0.2) is 5.17 Å². The van der Waals surface area contributed by atoms with E-state index in [2.05, 4.69) is 38.0 Å². The first kappa shape index (κ1) is 13.9. The molecule has 0 aliphatic carbocycles. The molecule has 1 unspecified atom stereocenters. The number of rotatable bonds is 5. The van der Waals surface area contributed by atoms with Crippen LogP contribution in [0.2, 0.25) is 0 Å². The summed E-state index contributed by atoms with van der Waals surface area (Å²) in [6.07, 6.45) is 5.12. The molecule has 1 atom stereocenters. The van der Waals surface area contributed by atoms with E-state index < -0.39 is 0 Å². The van der Waals surface area contributed by atoms with Crippen LogP contribution in [0.4, 0.5) is 0 Å². The lowest BCUT2D eigenvalue weighted by molar-refractivity contribution is 0.375. The van der Waals surface area contributed by atoms with Crippen LogP contribution >= 0.6 is 11.8 Å². The summed E-state index contributed by atoms with van der Waals surface area (Å²) >= 11 is 1.93. The van der Waals surface area contributed by atoms with Gasteiger partial charge in [-0.25, -0.2) is 0 Å². The first-order chi connectivity index (χ1) is 7.51.